The molecule has 0 aliphatic rings. The van der Waals surface area contributed by atoms with Gasteiger partial charge in [-0.3, -0.25) is 0 Å². The summed E-state index contributed by atoms with van der Waals surface area (Å²) in [7, 11) is 0. The van der Waals surface area contributed by atoms with E-state index in [0.717, 1.165) is 17.7 Å². The molecule has 1 aromatic carbocycles. The van der Waals surface area contributed by atoms with Crippen molar-refractivity contribution in [3.63, 3.8) is 0 Å². The van der Waals surface area contributed by atoms with Gasteiger partial charge in [0.15, 0.2) is 0 Å². The van der Waals surface area contributed by atoms with E-state index >= 15 is 0 Å². The zero-order valence-electron chi connectivity index (χ0n) is 7.62. The highest BCUT2D eigenvalue weighted by atomic mass is 32.1. The van der Waals surface area contributed by atoms with Crippen LogP contribution >= 0.6 is 12.2 Å². The number of nitrogens with two attached hydrogens (primary N) is 1. The van der Waals surface area contributed by atoms with Gasteiger partial charge in [-0.2, -0.15) is 0 Å². The Kier molecular flexibility index (Phi) is 3.86. The molecule has 2 nitrogen and oxygen atoms in total. The highest BCUT2D eigenvalue weighted by molar-refractivity contribution is 7.80. The lowest BCUT2D eigenvalue weighted by molar-refractivity contribution is 0.134. The van der Waals surface area contributed by atoms with Gasteiger partial charge in [0, 0.05) is 12.2 Å². The summed E-state index contributed by atoms with van der Waals surface area (Å²) in [5, 5.41) is 0. The Morgan fingerprint density at radius 1 is 1.38 bits per heavy atom. The number of hydrogen-bond acceptors (Lipinski definition) is 2. The number of rotatable bonds is 4. The molecule has 0 unspecified atom stereocenters. The Balaban J connectivity index is 2.64. The van der Waals surface area contributed by atoms with E-state index in [1.165, 1.54) is 0 Å². The third kappa shape index (κ3) is 3.13. The van der Waals surface area contributed by atoms with Crippen molar-refractivity contribution in [2.45, 2.75) is 13.5 Å². The van der Waals surface area contributed by atoms with Gasteiger partial charge >= 0.3 is 0 Å². The third-order valence-corrected chi connectivity index (χ3v) is 1.95. The molecule has 0 spiro atoms. The van der Waals surface area contributed by atoms with Crippen molar-refractivity contribution in [1.82, 2.24) is 0 Å². The van der Waals surface area contributed by atoms with Crippen LogP contribution in [0.5, 0.6) is 0 Å². The molecule has 0 saturated heterocycles. The second-order valence-corrected chi connectivity index (χ2v) is 3.14. The summed E-state index contributed by atoms with van der Waals surface area (Å²) < 4.78 is 5.26. The van der Waals surface area contributed by atoms with Gasteiger partial charge in [-0.25, -0.2) is 0 Å². The lowest BCUT2D eigenvalue weighted by atomic mass is 10.1. The zero-order valence-corrected chi connectivity index (χ0v) is 8.43. The first kappa shape index (κ1) is 10.2. The minimum absolute atomic E-state index is 0.433. The molecule has 0 amide bonds. The quantitative estimate of drug-likeness (QED) is 0.745. The van der Waals surface area contributed by atoms with Crippen molar-refractivity contribution in [3.8, 4) is 0 Å². The fourth-order valence-corrected chi connectivity index (χ4v) is 1.12. The lowest BCUT2D eigenvalue weighted by Crippen LogP contribution is -2.08. The Morgan fingerprint density at radius 3 is 2.46 bits per heavy atom. The highest BCUT2D eigenvalue weighted by Crippen LogP contribution is 2.05. The maximum absolute atomic E-state index is 5.46. The van der Waals surface area contributed by atoms with Crippen LogP contribution in [-0.2, 0) is 11.3 Å². The standard InChI is InChI=1S/C10H13NOS/c1-2-12-7-8-3-5-9(6-4-8)10(11)13/h3-6H,2,7H2,1H3,(H2,11,13). The third-order valence-electron chi connectivity index (χ3n) is 1.71. The van der Waals surface area contributed by atoms with Crippen LogP contribution in [0.4, 0.5) is 0 Å². The minimum atomic E-state index is 0.433. The minimum Gasteiger partial charge on any atom is -0.389 e. The van der Waals surface area contributed by atoms with Crippen molar-refractivity contribution < 1.29 is 4.74 Å². The van der Waals surface area contributed by atoms with Crippen molar-refractivity contribution in [1.29, 1.82) is 0 Å². The van der Waals surface area contributed by atoms with Crippen LogP contribution in [0.2, 0.25) is 0 Å². The van der Waals surface area contributed by atoms with Crippen LogP contribution in [0.3, 0.4) is 0 Å². The van der Waals surface area contributed by atoms with Gasteiger partial charge in [0.1, 0.15) is 4.99 Å². The summed E-state index contributed by atoms with van der Waals surface area (Å²) in [5.41, 5.74) is 7.50. The summed E-state index contributed by atoms with van der Waals surface area (Å²) in [4.78, 5) is 0.433. The predicted octanol–water partition coefficient (Wildman–Crippen LogP) is 1.86. The summed E-state index contributed by atoms with van der Waals surface area (Å²) in [6.45, 7) is 3.36. The highest BCUT2D eigenvalue weighted by Gasteiger charge is 1.96. The van der Waals surface area contributed by atoms with E-state index in [9.17, 15) is 0 Å². The average Bonchev–Trinajstić information content (AvgIpc) is 2.15. The first-order valence-electron chi connectivity index (χ1n) is 4.20. The Hall–Kier alpha value is -0.930. The fourth-order valence-electron chi connectivity index (χ4n) is 0.985. The van der Waals surface area contributed by atoms with Crippen LogP contribution < -0.4 is 5.73 Å². The van der Waals surface area contributed by atoms with Gasteiger partial charge in [-0.1, -0.05) is 36.5 Å². The molecule has 0 heterocycles. The SMILES string of the molecule is CCOCc1ccc(C(N)=S)cc1. The Morgan fingerprint density at radius 2 is 2.00 bits per heavy atom. The molecule has 0 saturated carbocycles. The summed E-state index contributed by atoms with van der Waals surface area (Å²) in [6.07, 6.45) is 0. The topological polar surface area (TPSA) is 35.2 Å². The van der Waals surface area contributed by atoms with E-state index in [-0.39, 0.29) is 0 Å². The van der Waals surface area contributed by atoms with Gasteiger partial charge in [-0.15, -0.1) is 0 Å². The second-order valence-electron chi connectivity index (χ2n) is 2.70. The molecule has 70 valence electrons. The lowest BCUT2D eigenvalue weighted by Gasteiger charge is -2.02. The molecule has 0 bridgehead atoms. The van der Waals surface area contributed by atoms with Crippen molar-refractivity contribution >= 4 is 17.2 Å². The van der Waals surface area contributed by atoms with E-state index in [1.807, 2.05) is 31.2 Å². The summed E-state index contributed by atoms with van der Waals surface area (Å²) >= 11 is 4.84. The van der Waals surface area contributed by atoms with Gasteiger partial charge in [0.2, 0.25) is 0 Å². The monoisotopic (exact) mass is 195 g/mol. The molecule has 0 radical (unpaired) electrons. The van der Waals surface area contributed by atoms with E-state index < -0.39 is 0 Å². The normalized spacial score (nSPS) is 9.92. The van der Waals surface area contributed by atoms with Crippen LogP contribution in [0.1, 0.15) is 18.1 Å². The van der Waals surface area contributed by atoms with E-state index in [0.29, 0.717) is 11.6 Å². The smallest absolute Gasteiger partial charge is 0.103 e. The number of thiocarbonyl (C=S) groups is 1. The Bertz CT molecular complexity index is 281. The predicted molar refractivity (Wildman–Crippen MR) is 57.7 cm³/mol. The maximum Gasteiger partial charge on any atom is 0.103 e. The first-order chi connectivity index (χ1) is 6.24. The van der Waals surface area contributed by atoms with E-state index in [2.05, 4.69) is 0 Å². The van der Waals surface area contributed by atoms with Gasteiger partial charge in [0.05, 0.1) is 6.61 Å². The largest absolute Gasteiger partial charge is 0.389 e. The maximum atomic E-state index is 5.46. The number of ether oxygens (including phenoxy) is 1. The molecule has 0 aliphatic carbocycles. The molecule has 0 aliphatic heterocycles. The number of benzene rings is 1. The van der Waals surface area contributed by atoms with Crippen LogP contribution in [0.25, 0.3) is 0 Å². The van der Waals surface area contributed by atoms with E-state index in [1.54, 1.807) is 0 Å². The van der Waals surface area contributed by atoms with Crippen molar-refractivity contribution in [2.24, 2.45) is 5.73 Å². The molecule has 0 fully saturated rings. The zero-order chi connectivity index (χ0) is 9.68. The van der Waals surface area contributed by atoms with Crippen molar-refractivity contribution in [3.05, 3.63) is 35.4 Å². The second kappa shape index (κ2) is 4.94. The van der Waals surface area contributed by atoms with Gasteiger partial charge < -0.3 is 10.5 Å². The molecule has 1 aromatic rings. The number of hydrogen-bond donors (Lipinski definition) is 1. The first-order valence-corrected chi connectivity index (χ1v) is 4.61. The molecular formula is C10H13NOS. The van der Waals surface area contributed by atoms with Crippen LogP contribution in [0.15, 0.2) is 24.3 Å². The molecule has 0 atom stereocenters. The van der Waals surface area contributed by atoms with E-state index in [4.69, 9.17) is 22.7 Å². The average molecular weight is 195 g/mol. The molecule has 1 rings (SSSR count). The van der Waals surface area contributed by atoms with Crippen molar-refractivity contribution in [2.75, 3.05) is 6.61 Å². The summed E-state index contributed by atoms with van der Waals surface area (Å²) in [6, 6.07) is 7.78. The van der Waals surface area contributed by atoms with Crippen LogP contribution in [0, 0.1) is 0 Å². The van der Waals surface area contributed by atoms with Gasteiger partial charge in [0.25, 0.3) is 0 Å². The van der Waals surface area contributed by atoms with Crippen LogP contribution in [-0.4, -0.2) is 11.6 Å². The molecule has 2 N–H and O–H groups in total. The van der Waals surface area contributed by atoms with Gasteiger partial charge in [-0.05, 0) is 12.5 Å². The molecule has 0 aromatic heterocycles. The fraction of sp³-hybridized carbons (Fsp3) is 0.300. The molecule has 13 heavy (non-hydrogen) atoms. The Labute approximate surface area is 83.7 Å². The molecular weight excluding hydrogens is 182 g/mol. The summed E-state index contributed by atoms with van der Waals surface area (Å²) in [5.74, 6) is 0. The molecule has 3 heteroatoms.